The predicted octanol–water partition coefficient (Wildman–Crippen LogP) is 4.08. The molecule has 0 radical (unpaired) electrons. The lowest BCUT2D eigenvalue weighted by atomic mass is 9.55. The molecule has 0 saturated carbocycles. The summed E-state index contributed by atoms with van der Waals surface area (Å²) in [5.41, 5.74) is 1.15. The Balaban J connectivity index is 0.00000139. The van der Waals surface area contributed by atoms with E-state index in [0.717, 1.165) is 0 Å². The average molecular weight is 371 g/mol. The summed E-state index contributed by atoms with van der Waals surface area (Å²) in [5, 5.41) is 12.1. The quantitative estimate of drug-likeness (QED) is 0.588. The third-order valence-corrected chi connectivity index (χ3v) is 3.70. The van der Waals surface area contributed by atoms with Crippen LogP contribution in [0.1, 0.15) is 13.8 Å². The van der Waals surface area contributed by atoms with E-state index in [1.807, 2.05) is 13.8 Å². The molecule has 2 rings (SSSR count). The van der Waals surface area contributed by atoms with Gasteiger partial charge in [0.15, 0.2) is 0 Å². The van der Waals surface area contributed by atoms with Crippen molar-refractivity contribution in [1.82, 2.24) is 0 Å². The van der Waals surface area contributed by atoms with Crippen LogP contribution in [-0.2, 0) is 4.65 Å². The highest BCUT2D eigenvalue weighted by atomic mass is 35.5. The van der Waals surface area contributed by atoms with Crippen LogP contribution in [0.5, 0.6) is 0 Å². The molecule has 0 unspecified atom stereocenters. The molecule has 0 fully saturated rings. The van der Waals surface area contributed by atoms with E-state index in [1.165, 1.54) is 24.3 Å². The number of halogens is 4. The zero-order valence-corrected chi connectivity index (χ0v) is 14.7. The van der Waals surface area contributed by atoms with E-state index >= 15 is 0 Å². The fourth-order valence-corrected chi connectivity index (χ4v) is 2.26. The summed E-state index contributed by atoms with van der Waals surface area (Å²) in [6, 6.07) is 8.87. The lowest BCUT2D eigenvalue weighted by Gasteiger charge is -2.17. The molecule has 0 bridgehead atoms. The van der Waals surface area contributed by atoms with E-state index in [0.29, 0.717) is 17.5 Å². The summed E-state index contributed by atoms with van der Waals surface area (Å²) in [5.74, 6) is -0.782. The summed E-state index contributed by atoms with van der Waals surface area (Å²) in [7, 11) is 0. The van der Waals surface area contributed by atoms with E-state index in [1.54, 1.807) is 12.1 Å². The summed E-state index contributed by atoms with van der Waals surface area (Å²) in [4.78, 5) is 0. The minimum absolute atomic E-state index is 0.0358. The van der Waals surface area contributed by atoms with Crippen LogP contribution < -0.4 is 10.9 Å². The topological polar surface area (TPSA) is 56.8 Å². The molecule has 0 spiro atoms. The first-order valence-corrected chi connectivity index (χ1v) is 7.85. The molecule has 0 aromatic heterocycles. The van der Waals surface area contributed by atoms with Gasteiger partial charge in [0.25, 0.3) is 0 Å². The standard InChI is InChI=1S/C16H15BCl2F2O.N2/c1-10(2)9-22-17(11-3-5-13(18)15(20)7-11)12-4-6-14(19)16(21)8-12;1-2/h3-8,10H,9H2,1-2H3;. The molecule has 3 nitrogen and oxygen atoms in total. The molecule has 0 aliphatic carbocycles. The molecule has 0 N–H and O–H groups in total. The number of hydrogen-bond acceptors (Lipinski definition) is 3. The fourth-order valence-electron chi connectivity index (χ4n) is 2.02. The van der Waals surface area contributed by atoms with E-state index < -0.39 is 18.6 Å². The Morgan fingerprint density at radius 3 is 1.71 bits per heavy atom. The number of benzene rings is 2. The van der Waals surface area contributed by atoms with Crippen molar-refractivity contribution in [3.63, 3.8) is 0 Å². The van der Waals surface area contributed by atoms with Gasteiger partial charge >= 0.3 is 6.92 Å². The van der Waals surface area contributed by atoms with Gasteiger partial charge in [0.1, 0.15) is 11.6 Å². The maximum absolute atomic E-state index is 13.7. The van der Waals surface area contributed by atoms with Crippen molar-refractivity contribution in [3.05, 3.63) is 58.1 Å². The summed E-state index contributed by atoms with van der Waals surface area (Å²) < 4.78 is 33.3. The molecule has 0 aliphatic rings. The van der Waals surface area contributed by atoms with Crippen molar-refractivity contribution in [3.8, 4) is 0 Å². The van der Waals surface area contributed by atoms with Gasteiger partial charge in [0.05, 0.1) is 10.0 Å². The van der Waals surface area contributed by atoms with Crippen molar-refractivity contribution in [2.45, 2.75) is 13.8 Å². The Morgan fingerprint density at radius 1 is 0.958 bits per heavy atom. The molecule has 0 amide bonds. The minimum atomic E-state index is -0.582. The Morgan fingerprint density at radius 2 is 1.38 bits per heavy atom. The highest BCUT2D eigenvalue weighted by Crippen LogP contribution is 2.14. The van der Waals surface area contributed by atoms with E-state index in [2.05, 4.69) is 0 Å². The van der Waals surface area contributed by atoms with Crippen LogP contribution in [0.3, 0.4) is 0 Å². The third kappa shape index (κ3) is 5.45. The monoisotopic (exact) mass is 370 g/mol. The van der Waals surface area contributed by atoms with Gasteiger partial charge in [-0.15, -0.1) is 0 Å². The average Bonchev–Trinajstić information content (AvgIpc) is 2.55. The van der Waals surface area contributed by atoms with E-state index in [-0.39, 0.29) is 16.0 Å². The van der Waals surface area contributed by atoms with Gasteiger partial charge in [-0.25, -0.2) is 8.78 Å². The SMILES string of the molecule is CC(C)COB(c1ccc(Cl)c(F)c1)c1ccc(Cl)c(F)c1.N#N. The first-order chi connectivity index (χ1) is 11.4. The Hall–Kier alpha value is -1.68. The van der Waals surface area contributed by atoms with Crippen LogP contribution in [0.25, 0.3) is 0 Å². The zero-order chi connectivity index (χ0) is 18.3. The number of rotatable bonds is 5. The molecular formula is C16H15BCl2F2N2O. The zero-order valence-electron chi connectivity index (χ0n) is 13.1. The third-order valence-electron chi connectivity index (χ3n) is 3.09. The van der Waals surface area contributed by atoms with Gasteiger partial charge in [-0.2, -0.15) is 0 Å². The molecule has 2 aromatic carbocycles. The molecule has 126 valence electrons. The second-order valence-electron chi connectivity index (χ2n) is 5.45. The molecular weight excluding hydrogens is 356 g/mol. The number of nitrogens with zero attached hydrogens (tertiary/aromatic N) is 2. The van der Waals surface area contributed by atoms with Gasteiger partial charge in [0, 0.05) is 17.4 Å². The second kappa shape index (κ2) is 9.58. The van der Waals surface area contributed by atoms with Crippen molar-refractivity contribution < 1.29 is 13.4 Å². The van der Waals surface area contributed by atoms with Crippen LogP contribution in [0.4, 0.5) is 8.78 Å². The van der Waals surface area contributed by atoms with Gasteiger partial charge in [-0.3, -0.25) is 0 Å². The Bertz CT molecular complexity index is 662. The highest BCUT2D eigenvalue weighted by molar-refractivity contribution is 6.80. The van der Waals surface area contributed by atoms with E-state index in [4.69, 9.17) is 38.6 Å². The fraction of sp³-hybridized carbons (Fsp3) is 0.250. The summed E-state index contributed by atoms with van der Waals surface area (Å²) in [6.45, 7) is 3.88. The summed E-state index contributed by atoms with van der Waals surface area (Å²) >= 11 is 11.4. The van der Waals surface area contributed by atoms with Gasteiger partial charge in [-0.05, 0) is 41.1 Å². The molecule has 0 saturated heterocycles. The van der Waals surface area contributed by atoms with Crippen LogP contribution in [0.2, 0.25) is 10.0 Å². The van der Waals surface area contributed by atoms with Crippen molar-refractivity contribution in [2.75, 3.05) is 6.61 Å². The first-order valence-electron chi connectivity index (χ1n) is 7.10. The first kappa shape index (κ1) is 20.4. The Labute approximate surface area is 150 Å². The molecule has 8 heteroatoms. The van der Waals surface area contributed by atoms with Crippen LogP contribution in [0.15, 0.2) is 36.4 Å². The van der Waals surface area contributed by atoms with E-state index in [9.17, 15) is 8.78 Å². The molecule has 24 heavy (non-hydrogen) atoms. The maximum atomic E-state index is 13.7. The van der Waals surface area contributed by atoms with Crippen molar-refractivity contribution in [1.29, 1.82) is 10.8 Å². The largest absolute Gasteiger partial charge is 0.427 e. The smallest absolute Gasteiger partial charge is 0.361 e. The predicted molar refractivity (Wildman–Crippen MR) is 92.1 cm³/mol. The summed E-state index contributed by atoms with van der Waals surface area (Å²) in [6.07, 6.45) is 0. The van der Waals surface area contributed by atoms with Gasteiger partial charge in [0.2, 0.25) is 0 Å². The van der Waals surface area contributed by atoms with Gasteiger partial charge < -0.3 is 4.65 Å². The van der Waals surface area contributed by atoms with Crippen molar-refractivity contribution >= 4 is 41.0 Å². The minimum Gasteiger partial charge on any atom is -0.427 e. The molecule has 2 aromatic rings. The normalized spacial score (nSPS) is 10.2. The Kier molecular flexibility index (Phi) is 8.13. The lowest BCUT2D eigenvalue weighted by molar-refractivity contribution is 0.282. The van der Waals surface area contributed by atoms with Crippen LogP contribution >= 0.6 is 23.2 Å². The maximum Gasteiger partial charge on any atom is 0.361 e. The lowest BCUT2D eigenvalue weighted by Crippen LogP contribution is -2.46. The molecule has 0 atom stereocenters. The molecule has 0 aliphatic heterocycles. The second-order valence-corrected chi connectivity index (χ2v) is 6.27. The van der Waals surface area contributed by atoms with Crippen LogP contribution in [-0.4, -0.2) is 13.5 Å². The van der Waals surface area contributed by atoms with Gasteiger partial charge in [-0.1, -0.05) is 49.2 Å². The van der Waals surface area contributed by atoms with Crippen molar-refractivity contribution in [2.24, 2.45) is 5.92 Å². The molecule has 0 heterocycles. The van der Waals surface area contributed by atoms with Crippen LogP contribution in [0, 0.1) is 28.3 Å². The highest BCUT2D eigenvalue weighted by Gasteiger charge is 2.24. The number of hydrogen-bond donors (Lipinski definition) is 0.